The fraction of sp³-hybridized carbons (Fsp3) is 0.480. The highest BCUT2D eigenvalue weighted by atomic mass is 19.4. The van der Waals surface area contributed by atoms with Crippen molar-refractivity contribution in [2.45, 2.75) is 38.0 Å². The predicted molar refractivity (Wildman–Crippen MR) is 117 cm³/mol. The van der Waals surface area contributed by atoms with Crippen LogP contribution in [0.25, 0.3) is 0 Å². The number of hydrogen-bond acceptors (Lipinski definition) is 3. The molecule has 1 fully saturated rings. The van der Waals surface area contributed by atoms with E-state index in [1.807, 2.05) is 31.3 Å². The third-order valence-electron chi connectivity index (χ3n) is 6.51. The quantitative estimate of drug-likeness (QED) is 0.659. The second kappa shape index (κ2) is 9.53. The summed E-state index contributed by atoms with van der Waals surface area (Å²) < 4.78 is 44.5. The average Bonchev–Trinajstić information content (AvgIpc) is 3.22. The van der Waals surface area contributed by atoms with E-state index in [1.165, 1.54) is 12.1 Å². The third-order valence-corrected chi connectivity index (χ3v) is 6.51. The minimum Gasteiger partial charge on any atom is -0.480 e. The molecule has 0 bridgehead atoms. The van der Waals surface area contributed by atoms with Gasteiger partial charge in [-0.25, -0.2) is 0 Å². The number of piperidine rings is 1. The molecule has 0 radical (unpaired) electrons. The molecule has 0 aromatic heterocycles. The number of fused-ring (bicyclic) bond motifs is 1. The smallest absolute Gasteiger partial charge is 0.416 e. The molecular weight excluding hydrogens is 417 g/mol. The van der Waals surface area contributed by atoms with E-state index in [-0.39, 0.29) is 5.91 Å². The van der Waals surface area contributed by atoms with Crippen LogP contribution in [0.2, 0.25) is 0 Å². The number of likely N-dealkylation sites (tertiary alicyclic amines) is 1. The molecule has 7 heteroatoms. The lowest BCUT2D eigenvalue weighted by Gasteiger charge is -2.34. The molecule has 1 amide bonds. The van der Waals surface area contributed by atoms with Crippen LogP contribution < -0.4 is 4.74 Å². The summed E-state index contributed by atoms with van der Waals surface area (Å²) in [5.74, 6) is 1.25. The molecule has 2 heterocycles. The van der Waals surface area contributed by atoms with E-state index in [0.29, 0.717) is 30.9 Å². The number of likely N-dealkylation sites (N-methyl/N-ethyl adjacent to an activating group) is 1. The molecule has 4 rings (SSSR count). The summed E-state index contributed by atoms with van der Waals surface area (Å²) in [7, 11) is 1.84. The van der Waals surface area contributed by atoms with Gasteiger partial charge in [0.25, 0.3) is 5.91 Å². The molecule has 32 heavy (non-hydrogen) atoms. The molecule has 2 aliphatic rings. The first-order chi connectivity index (χ1) is 15.3. The van der Waals surface area contributed by atoms with Gasteiger partial charge >= 0.3 is 6.18 Å². The monoisotopic (exact) mass is 446 g/mol. The van der Waals surface area contributed by atoms with Crippen molar-refractivity contribution in [3.05, 3.63) is 65.2 Å². The van der Waals surface area contributed by atoms with E-state index >= 15 is 0 Å². The number of rotatable bonds is 6. The number of ether oxygens (including phenoxy) is 1. The Hall–Kier alpha value is -2.54. The number of amides is 1. The first-order valence-electron chi connectivity index (χ1n) is 11.2. The fourth-order valence-corrected chi connectivity index (χ4v) is 4.63. The fourth-order valence-electron chi connectivity index (χ4n) is 4.63. The molecule has 0 unspecified atom stereocenters. The first kappa shape index (κ1) is 22.6. The number of carbonyl (C=O) groups is 1. The molecule has 1 atom stereocenters. The van der Waals surface area contributed by atoms with E-state index < -0.39 is 17.8 Å². The zero-order chi connectivity index (χ0) is 22.7. The molecule has 4 nitrogen and oxygen atoms in total. The van der Waals surface area contributed by atoms with Crippen molar-refractivity contribution >= 4 is 5.91 Å². The van der Waals surface area contributed by atoms with Gasteiger partial charge in [-0.2, -0.15) is 13.2 Å². The lowest BCUT2D eigenvalue weighted by Crippen LogP contribution is -2.44. The Morgan fingerprint density at radius 1 is 1.12 bits per heavy atom. The van der Waals surface area contributed by atoms with Gasteiger partial charge in [0, 0.05) is 26.6 Å². The number of carbonyl (C=O) groups excluding carboxylic acids is 1. The number of halogens is 3. The standard InChI is InChI=1S/C25H29F3N2O2/c1-29(24(31)23-16-20-6-2-3-8-22(20)32-23)17-19-10-13-30(14-11-19)12-9-18-5-4-7-21(15-18)25(26,27)28/h2-8,15,19,23H,9-14,16-17H2,1H3/t23-/m1/s1. The van der Waals surface area contributed by atoms with E-state index in [9.17, 15) is 18.0 Å². The Kier molecular flexibility index (Phi) is 6.74. The summed E-state index contributed by atoms with van der Waals surface area (Å²) in [4.78, 5) is 16.9. The summed E-state index contributed by atoms with van der Waals surface area (Å²) in [6.07, 6.45) is -1.56. The van der Waals surface area contributed by atoms with Crippen molar-refractivity contribution in [3.63, 3.8) is 0 Å². The van der Waals surface area contributed by atoms with Gasteiger partial charge in [0.05, 0.1) is 5.56 Å². The van der Waals surface area contributed by atoms with Crippen LogP contribution in [0.1, 0.15) is 29.5 Å². The van der Waals surface area contributed by atoms with E-state index in [0.717, 1.165) is 49.9 Å². The predicted octanol–water partition coefficient (Wildman–Crippen LogP) is 4.42. The minimum absolute atomic E-state index is 0.0215. The Bertz CT molecular complexity index is 914. The second-order valence-corrected chi connectivity index (χ2v) is 8.87. The Morgan fingerprint density at radius 3 is 2.59 bits per heavy atom. The third kappa shape index (κ3) is 5.44. The number of para-hydroxylation sites is 1. The van der Waals surface area contributed by atoms with Crippen LogP contribution in [0.4, 0.5) is 13.2 Å². The van der Waals surface area contributed by atoms with Gasteiger partial charge in [0.2, 0.25) is 0 Å². The molecule has 0 spiro atoms. The van der Waals surface area contributed by atoms with Crippen molar-refractivity contribution in [1.82, 2.24) is 9.80 Å². The highest BCUT2D eigenvalue weighted by Gasteiger charge is 2.32. The van der Waals surface area contributed by atoms with E-state index in [4.69, 9.17) is 4.74 Å². The van der Waals surface area contributed by atoms with Gasteiger partial charge < -0.3 is 14.5 Å². The van der Waals surface area contributed by atoms with E-state index in [1.54, 1.807) is 11.0 Å². The SMILES string of the molecule is CN(CC1CCN(CCc2cccc(C(F)(F)F)c2)CC1)C(=O)[C@H]1Cc2ccccc2O1. The van der Waals surface area contributed by atoms with Crippen LogP contribution in [-0.2, 0) is 23.8 Å². The molecule has 2 aromatic carbocycles. The molecule has 0 saturated carbocycles. The maximum absolute atomic E-state index is 12.9. The van der Waals surface area contributed by atoms with Crippen LogP contribution in [-0.4, -0.2) is 55.0 Å². The number of hydrogen-bond donors (Lipinski definition) is 0. The molecule has 0 aliphatic carbocycles. The van der Waals surface area contributed by atoms with Crippen molar-refractivity contribution in [3.8, 4) is 5.75 Å². The maximum atomic E-state index is 12.9. The Labute approximate surface area is 187 Å². The van der Waals surface area contributed by atoms with Crippen LogP contribution in [0, 0.1) is 5.92 Å². The van der Waals surface area contributed by atoms with Crippen LogP contribution in [0.15, 0.2) is 48.5 Å². The summed E-state index contributed by atoms with van der Waals surface area (Å²) >= 11 is 0. The number of nitrogens with zero attached hydrogens (tertiary/aromatic N) is 2. The van der Waals surface area contributed by atoms with Gasteiger partial charge in [-0.3, -0.25) is 4.79 Å². The van der Waals surface area contributed by atoms with Crippen molar-refractivity contribution in [1.29, 1.82) is 0 Å². The maximum Gasteiger partial charge on any atom is 0.416 e. The zero-order valence-corrected chi connectivity index (χ0v) is 18.3. The lowest BCUT2D eigenvalue weighted by atomic mass is 9.95. The molecule has 0 N–H and O–H groups in total. The molecule has 172 valence electrons. The summed E-state index contributed by atoms with van der Waals surface area (Å²) in [6, 6.07) is 13.4. The highest BCUT2D eigenvalue weighted by Crippen LogP contribution is 2.30. The number of benzene rings is 2. The normalized spacial score (nSPS) is 19.4. The summed E-state index contributed by atoms with van der Waals surface area (Å²) in [6.45, 7) is 3.25. The summed E-state index contributed by atoms with van der Waals surface area (Å²) in [5, 5.41) is 0. The average molecular weight is 447 g/mol. The van der Waals surface area contributed by atoms with E-state index in [2.05, 4.69) is 4.90 Å². The largest absolute Gasteiger partial charge is 0.480 e. The molecule has 2 aromatic rings. The topological polar surface area (TPSA) is 32.8 Å². The van der Waals surface area contributed by atoms with Gasteiger partial charge in [-0.15, -0.1) is 0 Å². The van der Waals surface area contributed by atoms with Gasteiger partial charge in [0.15, 0.2) is 6.10 Å². The van der Waals surface area contributed by atoms with Crippen LogP contribution in [0.5, 0.6) is 5.75 Å². The van der Waals surface area contributed by atoms with Gasteiger partial charge in [0.1, 0.15) is 5.75 Å². The van der Waals surface area contributed by atoms with Gasteiger partial charge in [-0.05, 0) is 61.5 Å². The molecular formula is C25H29F3N2O2. The first-order valence-corrected chi connectivity index (χ1v) is 11.2. The zero-order valence-electron chi connectivity index (χ0n) is 18.3. The van der Waals surface area contributed by atoms with Crippen molar-refractivity contribution in [2.24, 2.45) is 5.92 Å². The van der Waals surface area contributed by atoms with Crippen LogP contribution >= 0.6 is 0 Å². The Balaban J connectivity index is 1.20. The van der Waals surface area contributed by atoms with Crippen LogP contribution in [0.3, 0.4) is 0 Å². The number of alkyl halides is 3. The molecule has 1 saturated heterocycles. The summed E-state index contributed by atoms with van der Waals surface area (Å²) in [5.41, 5.74) is 1.20. The molecule has 2 aliphatic heterocycles. The minimum atomic E-state index is -4.30. The van der Waals surface area contributed by atoms with Gasteiger partial charge in [-0.1, -0.05) is 36.4 Å². The highest BCUT2D eigenvalue weighted by molar-refractivity contribution is 5.82. The Morgan fingerprint density at radius 2 is 1.88 bits per heavy atom. The van der Waals surface area contributed by atoms with Crippen molar-refractivity contribution in [2.75, 3.05) is 33.2 Å². The van der Waals surface area contributed by atoms with Crippen molar-refractivity contribution < 1.29 is 22.7 Å². The second-order valence-electron chi connectivity index (χ2n) is 8.87. The lowest BCUT2D eigenvalue weighted by molar-refractivity contribution is -0.138.